The van der Waals surface area contributed by atoms with Gasteiger partial charge in [0.2, 0.25) is 5.89 Å². The monoisotopic (exact) mass is 424 g/mol. The van der Waals surface area contributed by atoms with Gasteiger partial charge in [-0.15, -0.1) is 10.2 Å². The predicted octanol–water partition coefficient (Wildman–Crippen LogP) is 6.05. The van der Waals surface area contributed by atoms with Gasteiger partial charge in [-0.1, -0.05) is 79.7 Å². The zero-order valence-corrected chi connectivity index (χ0v) is 17.8. The lowest BCUT2D eigenvalue weighted by atomic mass is 10.2. The number of nitrogens with zero attached hydrogens (tertiary/aromatic N) is 4. The smallest absolute Gasteiger partial charge is 0.204 e. The van der Waals surface area contributed by atoms with E-state index in [1.165, 1.54) is 5.56 Å². The average molecular weight is 425 g/mol. The highest BCUT2D eigenvalue weighted by Gasteiger charge is 2.18. The summed E-state index contributed by atoms with van der Waals surface area (Å²) < 4.78 is 7.92. The Hall–Kier alpha value is -2.57. The van der Waals surface area contributed by atoms with Crippen LogP contribution in [0.4, 0.5) is 0 Å². The van der Waals surface area contributed by atoms with Crippen LogP contribution in [0.5, 0.6) is 0 Å². The van der Waals surface area contributed by atoms with E-state index in [1.807, 2.05) is 42.5 Å². The van der Waals surface area contributed by atoms with E-state index in [2.05, 4.69) is 45.7 Å². The Balaban J connectivity index is 1.64. The minimum atomic E-state index is 0.315. The molecule has 0 unspecified atom stereocenters. The molecule has 0 bridgehead atoms. The van der Waals surface area contributed by atoms with E-state index in [9.17, 15) is 0 Å². The van der Waals surface area contributed by atoms with Crippen LogP contribution in [0.3, 0.4) is 0 Å². The fourth-order valence-electron chi connectivity index (χ4n) is 2.93. The van der Waals surface area contributed by atoms with Gasteiger partial charge in [-0.05, 0) is 17.7 Å². The van der Waals surface area contributed by atoms with E-state index in [-0.39, 0.29) is 0 Å². The van der Waals surface area contributed by atoms with E-state index in [4.69, 9.17) is 16.0 Å². The van der Waals surface area contributed by atoms with Crippen molar-refractivity contribution in [3.8, 4) is 11.4 Å². The summed E-state index contributed by atoms with van der Waals surface area (Å²) in [4.78, 5) is 4.38. The molecule has 0 N–H and O–H groups in total. The molecule has 0 fully saturated rings. The van der Waals surface area contributed by atoms with Crippen molar-refractivity contribution in [1.29, 1.82) is 0 Å². The third kappa shape index (κ3) is 4.54. The fourth-order valence-corrected chi connectivity index (χ4v) is 3.94. The molecule has 0 atom stereocenters. The molecule has 148 valence electrons. The molecule has 2 aromatic carbocycles. The fraction of sp³-hybridized carbons (Fsp3) is 0.227. The van der Waals surface area contributed by atoms with E-state index >= 15 is 0 Å². The molecule has 7 heteroatoms. The zero-order valence-electron chi connectivity index (χ0n) is 16.2. The van der Waals surface area contributed by atoms with Crippen LogP contribution in [0.2, 0.25) is 5.02 Å². The highest BCUT2D eigenvalue weighted by Crippen LogP contribution is 2.31. The Kier molecular flexibility index (Phi) is 6.02. The SMILES string of the molecule is CC(C)c1cnc(CSc2nnc(-c3ccccc3Cl)n2Cc2ccccc2)o1. The number of thioether (sulfide) groups is 1. The predicted molar refractivity (Wildman–Crippen MR) is 116 cm³/mol. The third-order valence-corrected chi connectivity index (χ3v) is 5.76. The quantitative estimate of drug-likeness (QED) is 0.338. The maximum atomic E-state index is 6.44. The molecule has 0 aliphatic rings. The second-order valence-electron chi connectivity index (χ2n) is 6.96. The first-order valence-corrected chi connectivity index (χ1v) is 10.8. The van der Waals surface area contributed by atoms with Crippen LogP contribution in [-0.2, 0) is 12.3 Å². The minimum Gasteiger partial charge on any atom is -0.445 e. The molecule has 0 spiro atoms. The first-order valence-electron chi connectivity index (χ1n) is 9.41. The molecule has 0 radical (unpaired) electrons. The van der Waals surface area contributed by atoms with Crippen LogP contribution in [0.25, 0.3) is 11.4 Å². The van der Waals surface area contributed by atoms with Crippen molar-refractivity contribution in [2.24, 2.45) is 0 Å². The van der Waals surface area contributed by atoms with Gasteiger partial charge in [0.25, 0.3) is 0 Å². The van der Waals surface area contributed by atoms with E-state index < -0.39 is 0 Å². The molecule has 2 heterocycles. The summed E-state index contributed by atoms with van der Waals surface area (Å²) in [5, 5.41) is 10.3. The molecule has 0 saturated heterocycles. The Morgan fingerprint density at radius 1 is 1.03 bits per heavy atom. The molecular formula is C22H21ClN4OS. The van der Waals surface area contributed by atoms with Crippen molar-refractivity contribution in [3.05, 3.63) is 83.0 Å². The minimum absolute atomic E-state index is 0.315. The highest BCUT2D eigenvalue weighted by atomic mass is 35.5. The largest absolute Gasteiger partial charge is 0.445 e. The summed E-state index contributed by atoms with van der Waals surface area (Å²) in [6.07, 6.45) is 1.80. The summed E-state index contributed by atoms with van der Waals surface area (Å²) >= 11 is 7.99. The Morgan fingerprint density at radius 2 is 1.79 bits per heavy atom. The first kappa shape index (κ1) is 19.7. The van der Waals surface area contributed by atoms with Crippen LogP contribution in [0.1, 0.15) is 37.0 Å². The van der Waals surface area contributed by atoms with Crippen LogP contribution in [0, 0.1) is 0 Å². The number of rotatable bonds is 7. The van der Waals surface area contributed by atoms with Crippen molar-refractivity contribution in [2.45, 2.75) is 37.2 Å². The number of benzene rings is 2. The van der Waals surface area contributed by atoms with Crippen molar-refractivity contribution < 1.29 is 4.42 Å². The maximum absolute atomic E-state index is 6.44. The van der Waals surface area contributed by atoms with Gasteiger partial charge in [-0.3, -0.25) is 4.57 Å². The van der Waals surface area contributed by atoms with Gasteiger partial charge in [0.1, 0.15) is 5.76 Å². The van der Waals surface area contributed by atoms with Crippen molar-refractivity contribution in [1.82, 2.24) is 19.7 Å². The molecule has 4 aromatic rings. The molecule has 0 amide bonds. The maximum Gasteiger partial charge on any atom is 0.204 e. The summed E-state index contributed by atoms with van der Waals surface area (Å²) in [6, 6.07) is 17.9. The van der Waals surface area contributed by atoms with Crippen LogP contribution < -0.4 is 0 Å². The van der Waals surface area contributed by atoms with Gasteiger partial charge in [-0.25, -0.2) is 4.98 Å². The summed E-state index contributed by atoms with van der Waals surface area (Å²) in [5.41, 5.74) is 2.03. The lowest BCUT2D eigenvalue weighted by Crippen LogP contribution is -2.04. The van der Waals surface area contributed by atoms with Crippen molar-refractivity contribution >= 4 is 23.4 Å². The standard InChI is InChI=1S/C22H21ClN4OS/c1-15(2)19-12-24-20(28-19)14-29-22-26-25-21(17-10-6-7-11-18(17)23)27(22)13-16-8-4-3-5-9-16/h3-12,15H,13-14H2,1-2H3. The molecule has 0 aliphatic carbocycles. The molecule has 0 aliphatic heterocycles. The van der Waals surface area contributed by atoms with Crippen LogP contribution >= 0.6 is 23.4 Å². The number of hydrogen-bond donors (Lipinski definition) is 0. The topological polar surface area (TPSA) is 56.7 Å². The molecule has 29 heavy (non-hydrogen) atoms. The molecule has 5 nitrogen and oxygen atoms in total. The zero-order chi connectivity index (χ0) is 20.2. The Morgan fingerprint density at radius 3 is 2.52 bits per heavy atom. The van der Waals surface area contributed by atoms with E-state index in [1.54, 1.807) is 18.0 Å². The molecular weight excluding hydrogens is 404 g/mol. The number of aromatic nitrogens is 4. The third-order valence-electron chi connectivity index (χ3n) is 4.48. The number of halogens is 1. The first-order chi connectivity index (χ1) is 14.1. The molecule has 4 rings (SSSR count). The summed E-state index contributed by atoms with van der Waals surface area (Å²) in [7, 11) is 0. The lowest BCUT2D eigenvalue weighted by Gasteiger charge is -2.11. The average Bonchev–Trinajstić information content (AvgIpc) is 3.35. The van der Waals surface area contributed by atoms with E-state index in [0.717, 1.165) is 22.3 Å². The van der Waals surface area contributed by atoms with Crippen molar-refractivity contribution in [2.75, 3.05) is 0 Å². The van der Waals surface area contributed by atoms with Gasteiger partial charge >= 0.3 is 0 Å². The highest BCUT2D eigenvalue weighted by molar-refractivity contribution is 7.98. The second-order valence-corrected chi connectivity index (χ2v) is 8.31. The second kappa shape index (κ2) is 8.84. The number of oxazole rings is 1. The molecule has 2 aromatic heterocycles. The lowest BCUT2D eigenvalue weighted by molar-refractivity contribution is 0.453. The van der Waals surface area contributed by atoms with Gasteiger partial charge < -0.3 is 4.42 Å². The van der Waals surface area contributed by atoms with Gasteiger partial charge in [0.15, 0.2) is 11.0 Å². The normalized spacial score (nSPS) is 11.3. The van der Waals surface area contributed by atoms with Crippen LogP contribution in [-0.4, -0.2) is 19.7 Å². The van der Waals surface area contributed by atoms with Gasteiger partial charge in [0, 0.05) is 11.5 Å². The van der Waals surface area contributed by atoms with Gasteiger partial charge in [-0.2, -0.15) is 0 Å². The summed E-state index contributed by atoms with van der Waals surface area (Å²) in [6.45, 7) is 4.83. The Labute approximate surface area is 179 Å². The van der Waals surface area contributed by atoms with Crippen molar-refractivity contribution in [3.63, 3.8) is 0 Å². The Bertz CT molecular complexity index is 1090. The summed E-state index contributed by atoms with van der Waals surface area (Å²) in [5.74, 6) is 3.23. The van der Waals surface area contributed by atoms with Gasteiger partial charge in [0.05, 0.1) is 23.5 Å². The van der Waals surface area contributed by atoms with Crippen LogP contribution in [0.15, 0.2) is 70.4 Å². The number of hydrogen-bond acceptors (Lipinski definition) is 5. The molecule has 0 saturated carbocycles. The van der Waals surface area contributed by atoms with E-state index in [0.29, 0.717) is 29.1 Å².